The molecule has 2 atom stereocenters. The van der Waals surface area contributed by atoms with E-state index in [1.54, 1.807) is 17.1 Å². The van der Waals surface area contributed by atoms with E-state index in [-0.39, 0.29) is 13.2 Å². The Bertz CT molecular complexity index is 1170. The number of fused-ring (bicyclic) bond motifs is 1. The fourth-order valence-corrected chi connectivity index (χ4v) is 4.00. The molecule has 0 spiro atoms. The van der Waals surface area contributed by atoms with Crippen molar-refractivity contribution in [3.05, 3.63) is 43.4 Å². The Kier molecular flexibility index (Phi) is 5.29. The molecule has 9 nitrogen and oxygen atoms in total. The van der Waals surface area contributed by atoms with Crippen LogP contribution in [0.3, 0.4) is 0 Å². The van der Waals surface area contributed by atoms with Gasteiger partial charge in [-0.25, -0.2) is 4.52 Å². The van der Waals surface area contributed by atoms with Gasteiger partial charge in [0.25, 0.3) is 0 Å². The highest BCUT2D eigenvalue weighted by molar-refractivity contribution is 5.79. The van der Waals surface area contributed by atoms with Crippen molar-refractivity contribution < 1.29 is 10.2 Å². The van der Waals surface area contributed by atoms with Crippen LogP contribution in [0.15, 0.2) is 43.4 Å². The summed E-state index contributed by atoms with van der Waals surface area (Å²) in [4.78, 5) is 4.60. The topological polar surface area (TPSA) is 106 Å². The van der Waals surface area contributed by atoms with Crippen LogP contribution in [0.2, 0.25) is 0 Å². The molecule has 2 N–H and O–H groups in total. The lowest BCUT2D eigenvalue weighted by molar-refractivity contribution is 0.0783. The average molecular weight is 422 g/mol. The molecular formula is C22H27N7O2. The molecule has 0 aliphatic heterocycles. The van der Waals surface area contributed by atoms with Crippen molar-refractivity contribution in [1.29, 1.82) is 0 Å². The first-order chi connectivity index (χ1) is 15.1. The molecule has 4 heterocycles. The third kappa shape index (κ3) is 4.11. The van der Waals surface area contributed by atoms with Crippen LogP contribution in [-0.2, 0) is 6.54 Å². The van der Waals surface area contributed by atoms with Gasteiger partial charge in [-0.05, 0) is 18.8 Å². The molecular weight excluding hydrogens is 394 g/mol. The van der Waals surface area contributed by atoms with Crippen molar-refractivity contribution in [2.24, 2.45) is 5.92 Å². The number of aliphatic hydroxyl groups excluding tert-OH is 2. The van der Waals surface area contributed by atoms with Gasteiger partial charge in [-0.2, -0.15) is 15.3 Å². The Balaban J connectivity index is 1.39. The Labute approximate surface area is 180 Å². The molecule has 0 unspecified atom stereocenters. The molecule has 1 aliphatic rings. The summed E-state index contributed by atoms with van der Waals surface area (Å²) < 4.78 is 5.52. The van der Waals surface area contributed by atoms with Gasteiger partial charge in [0.2, 0.25) is 0 Å². The van der Waals surface area contributed by atoms with Crippen LogP contribution in [-0.4, -0.2) is 57.1 Å². The zero-order valence-corrected chi connectivity index (χ0v) is 17.5. The second-order valence-electron chi connectivity index (χ2n) is 8.40. The predicted octanol–water partition coefficient (Wildman–Crippen LogP) is 2.56. The van der Waals surface area contributed by atoms with E-state index in [9.17, 15) is 5.11 Å². The maximum atomic E-state index is 9.59. The summed E-state index contributed by atoms with van der Waals surface area (Å²) in [6.45, 7) is 2.15. The van der Waals surface area contributed by atoms with Crippen molar-refractivity contribution >= 4 is 5.52 Å². The zero-order chi connectivity index (χ0) is 21.4. The predicted molar refractivity (Wildman–Crippen MR) is 115 cm³/mol. The number of nitrogens with zero attached hydrogens (tertiary/aromatic N) is 7. The van der Waals surface area contributed by atoms with Crippen molar-refractivity contribution in [2.45, 2.75) is 51.3 Å². The quantitative estimate of drug-likeness (QED) is 0.430. The van der Waals surface area contributed by atoms with Crippen LogP contribution < -0.4 is 0 Å². The minimum Gasteiger partial charge on any atom is -0.394 e. The molecule has 162 valence electrons. The highest BCUT2D eigenvalue weighted by Crippen LogP contribution is 2.38. The lowest BCUT2D eigenvalue weighted by Crippen LogP contribution is -2.19. The first kappa shape index (κ1) is 19.9. The van der Waals surface area contributed by atoms with Crippen molar-refractivity contribution in [3.8, 4) is 22.4 Å². The summed E-state index contributed by atoms with van der Waals surface area (Å²) in [5, 5.41) is 32.0. The molecule has 9 heteroatoms. The smallest absolute Gasteiger partial charge is 0.0966 e. The monoisotopic (exact) mass is 421 g/mol. The SMILES string of the molecule is CC[C@H](CC1CC1)n1cc(-c2cnn3cc(-c4cnn(C[C@@H](O)CO)c4)ncc23)cn1. The van der Waals surface area contributed by atoms with Gasteiger partial charge in [0.05, 0.1) is 67.5 Å². The second-order valence-corrected chi connectivity index (χ2v) is 8.40. The molecule has 0 bridgehead atoms. The van der Waals surface area contributed by atoms with E-state index in [4.69, 9.17) is 5.11 Å². The van der Waals surface area contributed by atoms with Crippen molar-refractivity contribution in [1.82, 2.24) is 34.2 Å². The Morgan fingerprint density at radius 3 is 2.65 bits per heavy atom. The molecule has 0 amide bonds. The lowest BCUT2D eigenvalue weighted by atomic mass is 10.1. The summed E-state index contributed by atoms with van der Waals surface area (Å²) >= 11 is 0. The Morgan fingerprint density at radius 1 is 1.03 bits per heavy atom. The number of rotatable bonds is 9. The van der Waals surface area contributed by atoms with E-state index < -0.39 is 6.10 Å². The number of aromatic nitrogens is 7. The third-order valence-corrected chi connectivity index (χ3v) is 6.00. The van der Waals surface area contributed by atoms with Crippen LogP contribution in [0.1, 0.15) is 38.6 Å². The fourth-order valence-electron chi connectivity index (χ4n) is 4.00. The van der Waals surface area contributed by atoms with Gasteiger partial charge < -0.3 is 10.2 Å². The summed E-state index contributed by atoms with van der Waals surface area (Å²) in [7, 11) is 0. The average Bonchev–Trinajstić information content (AvgIpc) is 3.17. The molecule has 5 rings (SSSR count). The maximum absolute atomic E-state index is 9.59. The number of hydrogen-bond donors (Lipinski definition) is 2. The van der Waals surface area contributed by atoms with E-state index in [2.05, 4.69) is 38.1 Å². The maximum Gasteiger partial charge on any atom is 0.0966 e. The van der Waals surface area contributed by atoms with Gasteiger partial charge in [-0.15, -0.1) is 0 Å². The van der Waals surface area contributed by atoms with Crippen LogP contribution in [0.5, 0.6) is 0 Å². The van der Waals surface area contributed by atoms with E-state index in [1.807, 2.05) is 29.3 Å². The molecule has 4 aromatic heterocycles. The summed E-state index contributed by atoms with van der Waals surface area (Å²) in [6, 6.07) is 0.453. The van der Waals surface area contributed by atoms with Gasteiger partial charge in [0, 0.05) is 29.1 Å². The van der Waals surface area contributed by atoms with E-state index in [1.165, 1.54) is 19.3 Å². The molecule has 0 radical (unpaired) electrons. The molecule has 0 aromatic carbocycles. The third-order valence-electron chi connectivity index (χ3n) is 6.00. The Morgan fingerprint density at radius 2 is 1.87 bits per heavy atom. The molecule has 1 aliphatic carbocycles. The molecule has 1 fully saturated rings. The molecule has 1 saturated carbocycles. The first-order valence-electron chi connectivity index (χ1n) is 10.8. The molecule has 0 saturated heterocycles. The Hall–Kier alpha value is -3.04. The minimum atomic E-state index is -0.839. The molecule has 4 aromatic rings. The van der Waals surface area contributed by atoms with Crippen molar-refractivity contribution in [3.63, 3.8) is 0 Å². The zero-order valence-electron chi connectivity index (χ0n) is 17.5. The van der Waals surface area contributed by atoms with Gasteiger partial charge >= 0.3 is 0 Å². The van der Waals surface area contributed by atoms with Crippen molar-refractivity contribution in [2.75, 3.05) is 6.61 Å². The lowest BCUT2D eigenvalue weighted by Gasteiger charge is -2.14. The number of hydrogen-bond acceptors (Lipinski definition) is 6. The highest BCUT2D eigenvalue weighted by atomic mass is 16.3. The van der Waals surface area contributed by atoms with E-state index >= 15 is 0 Å². The minimum absolute atomic E-state index is 0.230. The van der Waals surface area contributed by atoms with E-state index in [0.717, 1.165) is 40.2 Å². The largest absolute Gasteiger partial charge is 0.394 e. The van der Waals surface area contributed by atoms with Crippen LogP contribution in [0.25, 0.3) is 27.9 Å². The van der Waals surface area contributed by atoms with Crippen LogP contribution in [0, 0.1) is 5.92 Å². The van der Waals surface area contributed by atoms with E-state index in [0.29, 0.717) is 6.04 Å². The highest BCUT2D eigenvalue weighted by Gasteiger charge is 2.26. The fraction of sp³-hybridized carbons (Fsp3) is 0.455. The summed E-state index contributed by atoms with van der Waals surface area (Å²) in [6.07, 6.45) is 17.2. The van der Waals surface area contributed by atoms with Gasteiger partial charge in [0.1, 0.15) is 0 Å². The van der Waals surface area contributed by atoms with Crippen LogP contribution in [0.4, 0.5) is 0 Å². The van der Waals surface area contributed by atoms with Gasteiger partial charge in [-0.3, -0.25) is 14.3 Å². The van der Waals surface area contributed by atoms with Gasteiger partial charge in [0.15, 0.2) is 0 Å². The standard InChI is InChI=1S/C22H27N7O2/c1-2-18(5-15-3-4-15)28-11-16(6-25-28)20-8-26-29-13-21(23-9-22(20)29)17-7-24-27(10-17)12-19(31)14-30/h6-11,13,15,18-19,30-31H,2-5,12,14H2,1H3/t18-,19-/m1/s1. The summed E-state index contributed by atoms with van der Waals surface area (Å²) in [5.41, 5.74) is 4.53. The normalized spacial score (nSPS) is 16.1. The first-order valence-corrected chi connectivity index (χ1v) is 10.8. The molecule has 31 heavy (non-hydrogen) atoms. The van der Waals surface area contributed by atoms with Gasteiger partial charge in [-0.1, -0.05) is 19.8 Å². The summed E-state index contributed by atoms with van der Waals surface area (Å²) in [5.74, 6) is 0.869. The number of aliphatic hydroxyl groups is 2. The second kappa shape index (κ2) is 8.24. The van der Waals surface area contributed by atoms with Crippen LogP contribution >= 0.6 is 0 Å².